The Morgan fingerprint density at radius 1 is 0.857 bits per heavy atom. The minimum Gasteiger partial charge on any atom is -0.493 e. The Labute approximate surface area is 292 Å². The number of ether oxygens (including phenoxy) is 3. The summed E-state index contributed by atoms with van der Waals surface area (Å²) in [6.45, 7) is 7.09. The van der Waals surface area contributed by atoms with Gasteiger partial charge in [-0.2, -0.15) is 0 Å². The molecule has 2 aliphatic heterocycles. The number of carbonyl (C=O) groups is 1. The van der Waals surface area contributed by atoms with E-state index in [1.807, 2.05) is 4.90 Å². The van der Waals surface area contributed by atoms with Gasteiger partial charge in [-0.1, -0.05) is 48.5 Å². The molecule has 1 unspecified atom stereocenters. The molecule has 10 heteroatoms. The zero-order valence-corrected chi connectivity index (χ0v) is 29.5. The van der Waals surface area contributed by atoms with E-state index in [1.54, 1.807) is 44.8 Å². The van der Waals surface area contributed by atoms with E-state index < -0.39 is 0 Å². The molecule has 0 spiro atoms. The lowest BCUT2D eigenvalue weighted by atomic mass is 9.76. The highest BCUT2D eigenvalue weighted by Gasteiger charge is 2.42. The van der Waals surface area contributed by atoms with Gasteiger partial charge in [-0.05, 0) is 73.6 Å². The van der Waals surface area contributed by atoms with Gasteiger partial charge in [0.05, 0.1) is 38.9 Å². The molecule has 0 N–H and O–H groups in total. The maximum atomic E-state index is 14.0. The maximum absolute atomic E-state index is 14.0. The monoisotopic (exact) mass is 679 g/mol. The number of amides is 1. The summed E-state index contributed by atoms with van der Waals surface area (Å²) in [5.74, 6) is 2.49. The van der Waals surface area contributed by atoms with Crippen LogP contribution in [0.25, 0.3) is 11.0 Å². The van der Waals surface area contributed by atoms with Crippen molar-refractivity contribution in [3.63, 3.8) is 0 Å². The molecule has 3 aromatic carbocycles. The summed E-state index contributed by atoms with van der Waals surface area (Å²) in [7, 11) is 4.72. The number of thiophene rings is 1. The molecule has 256 valence electrons. The molecule has 5 aromatic rings. The fraction of sp³-hybridized carbons (Fsp3) is 0.385. The van der Waals surface area contributed by atoms with Crippen LogP contribution in [0.5, 0.6) is 17.2 Å². The van der Waals surface area contributed by atoms with Crippen molar-refractivity contribution in [3.8, 4) is 17.2 Å². The van der Waals surface area contributed by atoms with E-state index in [4.69, 9.17) is 19.2 Å². The number of aromatic nitrogens is 2. The summed E-state index contributed by atoms with van der Waals surface area (Å²) in [5.41, 5.74) is 3.94. The van der Waals surface area contributed by atoms with Crippen molar-refractivity contribution in [1.82, 2.24) is 19.4 Å². The highest BCUT2D eigenvalue weighted by molar-refractivity contribution is 7.09. The summed E-state index contributed by atoms with van der Waals surface area (Å²) in [5, 5.41) is 2.15. The largest absolute Gasteiger partial charge is 0.493 e. The van der Waals surface area contributed by atoms with Crippen molar-refractivity contribution in [2.24, 2.45) is 0 Å². The number of hydrogen-bond acceptors (Lipinski definition) is 8. The third-order valence-electron chi connectivity index (χ3n) is 10.2. The third kappa shape index (κ3) is 6.72. The SMILES string of the molecule is COc1cc(C(=O)N2CCC(CCN3CCCN(c4nc5ccccc5n4Cc4cccs4)CC3)(c3ccccc3)C2)cc(OC)c1OC. The van der Waals surface area contributed by atoms with Crippen LogP contribution < -0.4 is 19.1 Å². The van der Waals surface area contributed by atoms with Crippen LogP contribution in [0.2, 0.25) is 0 Å². The molecule has 2 aromatic heterocycles. The highest BCUT2D eigenvalue weighted by Crippen LogP contribution is 2.41. The van der Waals surface area contributed by atoms with Crippen LogP contribution in [-0.4, -0.2) is 92.4 Å². The van der Waals surface area contributed by atoms with Gasteiger partial charge in [0.2, 0.25) is 11.7 Å². The average Bonchev–Trinajstić information content (AvgIpc) is 3.87. The second kappa shape index (κ2) is 14.5. The Bertz CT molecular complexity index is 1850. The predicted molar refractivity (Wildman–Crippen MR) is 196 cm³/mol. The van der Waals surface area contributed by atoms with Crippen molar-refractivity contribution < 1.29 is 19.0 Å². The van der Waals surface area contributed by atoms with Gasteiger partial charge in [0.15, 0.2) is 11.5 Å². The van der Waals surface area contributed by atoms with Crippen molar-refractivity contribution in [3.05, 3.63) is 100 Å². The van der Waals surface area contributed by atoms with E-state index in [2.05, 4.69) is 86.5 Å². The summed E-state index contributed by atoms with van der Waals surface area (Å²) in [6, 6.07) is 27.1. The first-order chi connectivity index (χ1) is 24.0. The molecular weight excluding hydrogens is 635 g/mol. The highest BCUT2D eigenvalue weighted by atomic mass is 32.1. The van der Waals surface area contributed by atoms with Crippen LogP contribution in [0.4, 0.5) is 5.95 Å². The summed E-state index contributed by atoms with van der Waals surface area (Å²) >= 11 is 1.79. The normalized spacial score (nSPS) is 18.5. The maximum Gasteiger partial charge on any atom is 0.254 e. The average molecular weight is 680 g/mol. The van der Waals surface area contributed by atoms with E-state index in [0.29, 0.717) is 35.9 Å². The second-order valence-electron chi connectivity index (χ2n) is 13.0. The number of hydrogen-bond donors (Lipinski definition) is 0. The quantitative estimate of drug-likeness (QED) is 0.157. The zero-order chi connectivity index (χ0) is 33.8. The first kappa shape index (κ1) is 33.0. The number of carbonyl (C=O) groups excluding carboxylic acids is 1. The van der Waals surface area contributed by atoms with Gasteiger partial charge in [-0.3, -0.25) is 4.79 Å². The smallest absolute Gasteiger partial charge is 0.254 e. The molecule has 2 saturated heterocycles. The Morgan fingerprint density at radius 2 is 1.63 bits per heavy atom. The molecule has 4 heterocycles. The number of imidazole rings is 1. The van der Waals surface area contributed by atoms with Crippen LogP contribution in [0.15, 0.2) is 84.2 Å². The minimum absolute atomic E-state index is 0.0205. The van der Waals surface area contributed by atoms with Crippen LogP contribution in [-0.2, 0) is 12.0 Å². The molecule has 7 rings (SSSR count). The van der Waals surface area contributed by atoms with Gasteiger partial charge in [0.1, 0.15) is 0 Å². The van der Waals surface area contributed by atoms with E-state index in [0.717, 1.165) is 70.0 Å². The van der Waals surface area contributed by atoms with Crippen LogP contribution in [0.1, 0.15) is 40.1 Å². The van der Waals surface area contributed by atoms with Gasteiger partial charge in [-0.15, -0.1) is 11.3 Å². The number of likely N-dealkylation sites (tertiary alicyclic amines) is 1. The molecule has 1 amide bonds. The van der Waals surface area contributed by atoms with Crippen molar-refractivity contribution in [2.45, 2.75) is 31.2 Å². The number of fused-ring (bicyclic) bond motifs is 1. The molecule has 0 saturated carbocycles. The minimum atomic E-state index is -0.127. The topological polar surface area (TPSA) is 72.3 Å². The van der Waals surface area contributed by atoms with Gasteiger partial charge in [-0.25, -0.2) is 4.98 Å². The zero-order valence-electron chi connectivity index (χ0n) is 28.6. The summed E-state index contributed by atoms with van der Waals surface area (Å²) in [4.78, 5) is 27.5. The molecule has 1 atom stereocenters. The van der Waals surface area contributed by atoms with Gasteiger partial charge >= 0.3 is 0 Å². The Kier molecular flexibility index (Phi) is 9.77. The van der Waals surface area contributed by atoms with Gasteiger partial charge in [0.25, 0.3) is 5.91 Å². The first-order valence-corrected chi connectivity index (χ1v) is 18.0. The molecule has 49 heavy (non-hydrogen) atoms. The number of rotatable bonds is 11. The van der Waals surface area contributed by atoms with E-state index in [-0.39, 0.29) is 11.3 Å². The van der Waals surface area contributed by atoms with Crippen molar-refractivity contribution in [2.75, 3.05) is 72.0 Å². The van der Waals surface area contributed by atoms with Gasteiger partial charge in [0, 0.05) is 48.6 Å². The predicted octanol–water partition coefficient (Wildman–Crippen LogP) is 6.56. The molecule has 2 fully saturated rings. The molecule has 2 aliphatic rings. The first-order valence-electron chi connectivity index (χ1n) is 17.1. The number of nitrogens with zero attached hydrogens (tertiary/aromatic N) is 5. The van der Waals surface area contributed by atoms with E-state index >= 15 is 0 Å². The Balaban J connectivity index is 1.07. The molecule has 0 bridgehead atoms. The van der Waals surface area contributed by atoms with Crippen molar-refractivity contribution >= 4 is 34.2 Å². The standard InChI is InChI=1S/C39H45N5O4S/c1-46-34-25-29(26-35(47-2)36(34)48-3)37(45)43-21-17-39(28-43,30-11-5-4-6-12-30)16-20-41-18-10-19-42(23-22-41)38-40-32-14-7-8-15-33(32)44(38)27-31-13-9-24-49-31/h4-9,11-15,24-26H,10,16-23,27-28H2,1-3H3. The Morgan fingerprint density at radius 3 is 2.37 bits per heavy atom. The van der Waals surface area contributed by atoms with Crippen LogP contribution in [0.3, 0.4) is 0 Å². The molecule has 9 nitrogen and oxygen atoms in total. The Hall–Kier alpha value is -4.54. The van der Waals surface area contributed by atoms with Gasteiger partial charge < -0.3 is 33.5 Å². The van der Waals surface area contributed by atoms with Crippen LogP contribution in [0, 0.1) is 0 Å². The van der Waals surface area contributed by atoms with E-state index in [9.17, 15) is 4.79 Å². The van der Waals surface area contributed by atoms with E-state index in [1.165, 1.54) is 16.0 Å². The fourth-order valence-corrected chi connectivity index (χ4v) is 8.29. The van der Waals surface area contributed by atoms with Crippen molar-refractivity contribution in [1.29, 1.82) is 0 Å². The molecule has 0 radical (unpaired) electrons. The third-order valence-corrected chi connectivity index (χ3v) is 11.1. The molecule has 0 aliphatic carbocycles. The van der Waals surface area contributed by atoms with Crippen LogP contribution >= 0.6 is 11.3 Å². The lowest BCUT2D eigenvalue weighted by Crippen LogP contribution is -2.39. The molecular formula is C39H45N5O4S. The summed E-state index contributed by atoms with van der Waals surface area (Å²) in [6.07, 6.45) is 2.97. The lowest BCUT2D eigenvalue weighted by molar-refractivity contribution is 0.0780. The fourth-order valence-electron chi connectivity index (χ4n) is 7.59. The summed E-state index contributed by atoms with van der Waals surface area (Å²) < 4.78 is 19.0. The number of anilines is 1. The number of methoxy groups -OCH3 is 3. The number of para-hydroxylation sites is 2. The second-order valence-corrected chi connectivity index (χ2v) is 14.1. The lowest BCUT2D eigenvalue weighted by Gasteiger charge is -2.33. The number of benzene rings is 3.